The first-order valence-corrected chi connectivity index (χ1v) is 11.1. The summed E-state index contributed by atoms with van der Waals surface area (Å²) in [5.41, 5.74) is 1.42. The van der Waals surface area contributed by atoms with Gasteiger partial charge in [0.2, 0.25) is 0 Å². The number of hydrogen-bond acceptors (Lipinski definition) is 10. The van der Waals surface area contributed by atoms with E-state index >= 15 is 0 Å². The molecule has 0 radical (unpaired) electrons. The molecule has 2 heterocycles. The van der Waals surface area contributed by atoms with E-state index in [4.69, 9.17) is 14.2 Å². The number of aromatic nitrogens is 2. The molecule has 0 saturated carbocycles. The fraction of sp³-hybridized carbons (Fsp3) is 0.333. The molecule has 0 aliphatic carbocycles. The summed E-state index contributed by atoms with van der Waals surface area (Å²) in [6.45, 7) is 6.79. The number of nitrogens with one attached hydrogen (secondary N) is 1. The number of rotatable bonds is 8. The quantitative estimate of drug-likeness (QED) is 0.249. The van der Waals surface area contributed by atoms with E-state index in [0.29, 0.717) is 17.1 Å². The van der Waals surface area contributed by atoms with Crippen molar-refractivity contribution in [2.45, 2.75) is 33.6 Å². The number of nitro groups is 1. The summed E-state index contributed by atoms with van der Waals surface area (Å²) < 4.78 is 16.8. The number of hydrogen-bond donors (Lipinski definition) is 1. The molecule has 12 nitrogen and oxygen atoms in total. The number of non-ortho nitro benzene ring substituents is 1. The second-order valence-electron chi connectivity index (χ2n) is 7.72. The van der Waals surface area contributed by atoms with Crippen molar-refractivity contribution in [3.8, 4) is 5.69 Å². The summed E-state index contributed by atoms with van der Waals surface area (Å²) in [7, 11) is 1.18. The Balaban J connectivity index is 2.28. The van der Waals surface area contributed by atoms with Crippen LogP contribution in [0.1, 0.15) is 49.7 Å². The number of dihydropyridines is 1. The highest BCUT2D eigenvalue weighted by molar-refractivity contribution is 6.01. The third-order valence-electron chi connectivity index (χ3n) is 5.51. The molecule has 1 N–H and O–H groups in total. The SMILES string of the molecule is CCOC(=O)C1=C(C)NC(C)=C(C(=O)OCC)C1c1cn(-c2ccc([N+](=O)[O-])cc2)nc1C(=O)OC. The number of carbonyl (C=O) groups excluding carboxylic acids is 3. The Labute approximate surface area is 206 Å². The van der Waals surface area contributed by atoms with E-state index in [0.717, 1.165) is 0 Å². The maximum absolute atomic E-state index is 13.1. The average Bonchev–Trinajstić information content (AvgIpc) is 3.28. The van der Waals surface area contributed by atoms with Crippen molar-refractivity contribution >= 4 is 23.6 Å². The highest BCUT2D eigenvalue weighted by atomic mass is 16.6. The van der Waals surface area contributed by atoms with Gasteiger partial charge < -0.3 is 19.5 Å². The molecule has 1 aliphatic heterocycles. The molecule has 0 fully saturated rings. The molecule has 2 aromatic rings. The second-order valence-corrected chi connectivity index (χ2v) is 7.72. The predicted octanol–water partition coefficient (Wildman–Crippen LogP) is 2.93. The fourth-order valence-corrected chi connectivity index (χ4v) is 3.98. The lowest BCUT2D eigenvalue weighted by atomic mass is 9.80. The molecule has 0 unspecified atom stereocenters. The second kappa shape index (κ2) is 10.8. The van der Waals surface area contributed by atoms with Gasteiger partial charge in [-0.1, -0.05) is 0 Å². The van der Waals surface area contributed by atoms with Crippen molar-refractivity contribution in [3.63, 3.8) is 0 Å². The van der Waals surface area contributed by atoms with Crippen LogP contribution < -0.4 is 5.32 Å². The maximum atomic E-state index is 13.1. The minimum Gasteiger partial charge on any atom is -0.464 e. The van der Waals surface area contributed by atoms with Crippen molar-refractivity contribution in [2.75, 3.05) is 20.3 Å². The highest BCUT2D eigenvalue weighted by Crippen LogP contribution is 2.41. The van der Waals surface area contributed by atoms with Crippen molar-refractivity contribution < 1.29 is 33.5 Å². The van der Waals surface area contributed by atoms with Crippen molar-refractivity contribution in [1.82, 2.24) is 15.1 Å². The van der Waals surface area contributed by atoms with Crippen LogP contribution >= 0.6 is 0 Å². The summed E-state index contributed by atoms with van der Waals surface area (Å²) in [6, 6.07) is 5.50. The number of carbonyl (C=O) groups is 3. The molecule has 1 aromatic heterocycles. The van der Waals surface area contributed by atoms with E-state index in [1.165, 1.54) is 42.3 Å². The smallest absolute Gasteiger partial charge is 0.358 e. The molecular formula is C24H26N4O8. The van der Waals surface area contributed by atoms with E-state index in [1.54, 1.807) is 27.7 Å². The van der Waals surface area contributed by atoms with Crippen LogP contribution in [0.2, 0.25) is 0 Å². The molecular weight excluding hydrogens is 472 g/mol. The van der Waals surface area contributed by atoms with Gasteiger partial charge >= 0.3 is 17.9 Å². The largest absolute Gasteiger partial charge is 0.464 e. The third-order valence-corrected chi connectivity index (χ3v) is 5.51. The van der Waals surface area contributed by atoms with Gasteiger partial charge in [0.05, 0.1) is 48.0 Å². The third kappa shape index (κ3) is 4.97. The number of nitro benzene ring substituents is 1. The van der Waals surface area contributed by atoms with Gasteiger partial charge in [-0.05, 0) is 39.8 Å². The number of allylic oxidation sites excluding steroid dienone is 2. The maximum Gasteiger partial charge on any atom is 0.358 e. The molecule has 1 aliphatic rings. The Morgan fingerprint density at radius 3 is 1.97 bits per heavy atom. The van der Waals surface area contributed by atoms with Gasteiger partial charge in [0.15, 0.2) is 5.69 Å². The Morgan fingerprint density at radius 1 is 1.00 bits per heavy atom. The molecule has 0 amide bonds. The normalized spacial score (nSPS) is 13.8. The Kier molecular flexibility index (Phi) is 7.87. The van der Waals surface area contributed by atoms with Gasteiger partial charge in [0.1, 0.15) is 0 Å². The van der Waals surface area contributed by atoms with E-state index in [9.17, 15) is 24.5 Å². The van der Waals surface area contributed by atoms with Gasteiger partial charge in [0.25, 0.3) is 5.69 Å². The predicted molar refractivity (Wildman–Crippen MR) is 126 cm³/mol. The monoisotopic (exact) mass is 498 g/mol. The summed E-state index contributed by atoms with van der Waals surface area (Å²) >= 11 is 0. The van der Waals surface area contributed by atoms with Gasteiger partial charge in [-0.3, -0.25) is 10.1 Å². The molecule has 3 rings (SSSR count). The van der Waals surface area contributed by atoms with Crippen LogP contribution in [-0.2, 0) is 23.8 Å². The van der Waals surface area contributed by atoms with Crippen LogP contribution in [0.4, 0.5) is 5.69 Å². The number of nitrogens with zero attached hydrogens (tertiary/aromatic N) is 3. The summed E-state index contributed by atoms with van der Waals surface area (Å²) in [6.07, 6.45) is 1.47. The van der Waals surface area contributed by atoms with E-state index in [1.807, 2.05) is 0 Å². The zero-order chi connectivity index (χ0) is 26.6. The standard InChI is InChI=1S/C24H26N4O8/c1-6-35-22(29)18-13(3)25-14(4)19(23(30)36-7-2)20(18)17-12-27(26-21(17)24(31)34-5)15-8-10-16(11-9-15)28(32)33/h8-12,20,25H,6-7H2,1-5H3. The fourth-order valence-electron chi connectivity index (χ4n) is 3.98. The molecule has 0 spiro atoms. The van der Waals surface area contributed by atoms with Gasteiger partial charge in [-0.25, -0.2) is 19.1 Å². The average molecular weight is 498 g/mol. The lowest BCUT2D eigenvalue weighted by molar-refractivity contribution is -0.384. The molecule has 0 atom stereocenters. The van der Waals surface area contributed by atoms with E-state index in [2.05, 4.69) is 10.4 Å². The molecule has 1 aromatic carbocycles. The number of esters is 3. The van der Waals surface area contributed by atoms with Crippen LogP contribution in [-0.4, -0.2) is 52.9 Å². The number of benzene rings is 1. The first-order chi connectivity index (χ1) is 17.1. The van der Waals surface area contributed by atoms with Gasteiger partial charge in [-0.2, -0.15) is 5.10 Å². The van der Waals surface area contributed by atoms with Crippen LogP contribution in [0.25, 0.3) is 5.69 Å². The minimum atomic E-state index is -1.06. The van der Waals surface area contributed by atoms with Crippen molar-refractivity contribution in [1.29, 1.82) is 0 Å². The highest BCUT2D eigenvalue weighted by Gasteiger charge is 2.41. The Hall–Kier alpha value is -4.48. The molecule has 36 heavy (non-hydrogen) atoms. The van der Waals surface area contributed by atoms with Crippen LogP contribution in [0.5, 0.6) is 0 Å². The number of ether oxygens (including phenoxy) is 3. The Morgan fingerprint density at radius 2 is 1.53 bits per heavy atom. The number of methoxy groups -OCH3 is 1. The molecule has 0 bridgehead atoms. The van der Waals surface area contributed by atoms with Crippen LogP contribution in [0.3, 0.4) is 0 Å². The van der Waals surface area contributed by atoms with Crippen LogP contribution in [0.15, 0.2) is 53.0 Å². The van der Waals surface area contributed by atoms with Crippen LogP contribution in [0, 0.1) is 10.1 Å². The first-order valence-electron chi connectivity index (χ1n) is 11.1. The summed E-state index contributed by atoms with van der Waals surface area (Å²) in [5.74, 6) is -3.22. The zero-order valence-electron chi connectivity index (χ0n) is 20.5. The van der Waals surface area contributed by atoms with E-state index < -0.39 is 28.7 Å². The van der Waals surface area contributed by atoms with Gasteiger partial charge in [-0.15, -0.1) is 0 Å². The van der Waals surface area contributed by atoms with Gasteiger partial charge in [0, 0.05) is 35.3 Å². The summed E-state index contributed by atoms with van der Waals surface area (Å²) in [4.78, 5) is 49.4. The van der Waals surface area contributed by atoms with Crippen molar-refractivity contribution in [3.05, 3.63) is 74.4 Å². The minimum absolute atomic E-state index is 0.0890. The summed E-state index contributed by atoms with van der Waals surface area (Å²) in [5, 5.41) is 18.4. The zero-order valence-corrected chi connectivity index (χ0v) is 20.5. The molecule has 190 valence electrons. The lowest BCUT2D eigenvalue weighted by Gasteiger charge is -2.30. The van der Waals surface area contributed by atoms with E-state index in [-0.39, 0.29) is 41.3 Å². The lowest BCUT2D eigenvalue weighted by Crippen LogP contribution is -2.33. The topological polar surface area (TPSA) is 152 Å². The van der Waals surface area contributed by atoms with Crippen molar-refractivity contribution in [2.24, 2.45) is 0 Å². The first kappa shape index (κ1) is 26.1. The molecule has 0 saturated heterocycles. The molecule has 12 heteroatoms. The Bertz CT molecular complexity index is 1230.